The summed E-state index contributed by atoms with van der Waals surface area (Å²) < 4.78 is 12.1. The molecular formula is C6H10Cl2FNO. The highest BCUT2D eigenvalue weighted by Crippen LogP contribution is 2.22. The molecule has 11 heavy (non-hydrogen) atoms. The normalized spacial score (nSPS) is 13.6. The molecule has 0 aromatic rings. The first-order valence-electron chi connectivity index (χ1n) is 3.04. The van der Waals surface area contributed by atoms with Gasteiger partial charge in [-0.25, -0.2) is 4.39 Å². The maximum Gasteiger partial charge on any atom is 0.131 e. The standard InChI is InChI=1S/C6H10Cl2FNO/c1-6(3-7,4-8)5(2-9)10-11/h11H,2-4H2,1H3. The minimum atomic E-state index is -0.827. The molecule has 0 bridgehead atoms. The topological polar surface area (TPSA) is 32.6 Å². The quantitative estimate of drug-likeness (QED) is 0.322. The van der Waals surface area contributed by atoms with Crippen LogP contribution >= 0.6 is 23.2 Å². The predicted octanol–water partition coefficient (Wildman–Crippen LogP) is 2.27. The first kappa shape index (κ1) is 11.0. The summed E-state index contributed by atoms with van der Waals surface area (Å²) in [4.78, 5) is 0. The van der Waals surface area contributed by atoms with Gasteiger partial charge in [0.1, 0.15) is 6.67 Å². The third kappa shape index (κ3) is 2.49. The molecule has 0 fully saturated rings. The Morgan fingerprint density at radius 2 is 2.00 bits per heavy atom. The number of halogens is 3. The average molecular weight is 202 g/mol. The molecule has 5 heteroatoms. The van der Waals surface area contributed by atoms with Gasteiger partial charge in [0, 0.05) is 17.2 Å². The lowest BCUT2D eigenvalue weighted by molar-refractivity contribution is 0.306. The lowest BCUT2D eigenvalue weighted by Crippen LogP contribution is -2.33. The van der Waals surface area contributed by atoms with Crippen LogP contribution in [0.15, 0.2) is 5.16 Å². The molecule has 0 aromatic heterocycles. The maximum atomic E-state index is 12.1. The second kappa shape index (κ2) is 4.78. The Balaban J connectivity index is 4.46. The van der Waals surface area contributed by atoms with Gasteiger partial charge in [0.25, 0.3) is 0 Å². The Hall–Kier alpha value is -0.0200. The number of hydrogen-bond acceptors (Lipinski definition) is 2. The molecule has 1 N–H and O–H groups in total. The first-order chi connectivity index (χ1) is 5.14. The highest BCUT2D eigenvalue weighted by molar-refractivity contribution is 6.24. The minimum Gasteiger partial charge on any atom is -0.411 e. The van der Waals surface area contributed by atoms with Gasteiger partial charge >= 0.3 is 0 Å². The van der Waals surface area contributed by atoms with E-state index >= 15 is 0 Å². The monoisotopic (exact) mass is 201 g/mol. The molecular weight excluding hydrogens is 192 g/mol. The van der Waals surface area contributed by atoms with Crippen LogP contribution in [0, 0.1) is 5.41 Å². The number of rotatable bonds is 4. The van der Waals surface area contributed by atoms with Crippen molar-refractivity contribution in [2.45, 2.75) is 6.92 Å². The molecule has 0 aliphatic carbocycles. The molecule has 0 atom stereocenters. The summed E-state index contributed by atoms with van der Waals surface area (Å²) in [6, 6.07) is 0. The molecule has 2 nitrogen and oxygen atoms in total. The summed E-state index contributed by atoms with van der Waals surface area (Å²) in [5.41, 5.74) is -0.755. The van der Waals surface area contributed by atoms with Gasteiger partial charge in [-0.2, -0.15) is 0 Å². The molecule has 0 rings (SSSR count). The van der Waals surface area contributed by atoms with Crippen molar-refractivity contribution in [1.82, 2.24) is 0 Å². The maximum absolute atomic E-state index is 12.1. The number of hydrogen-bond donors (Lipinski definition) is 1. The average Bonchev–Trinajstić information content (AvgIpc) is 2.06. The third-order valence-corrected chi connectivity index (χ3v) is 2.71. The minimum absolute atomic E-state index is 0.0116. The fourth-order valence-electron chi connectivity index (χ4n) is 0.499. The summed E-state index contributed by atoms with van der Waals surface area (Å²) >= 11 is 11.0. The van der Waals surface area contributed by atoms with E-state index in [-0.39, 0.29) is 17.5 Å². The van der Waals surface area contributed by atoms with E-state index in [0.717, 1.165) is 0 Å². The Kier molecular flexibility index (Phi) is 4.77. The van der Waals surface area contributed by atoms with Crippen LogP contribution in [0.4, 0.5) is 4.39 Å². The van der Waals surface area contributed by atoms with Crippen molar-refractivity contribution in [3.63, 3.8) is 0 Å². The summed E-state index contributed by atoms with van der Waals surface area (Å²) in [7, 11) is 0. The Morgan fingerprint density at radius 3 is 2.09 bits per heavy atom. The zero-order chi connectivity index (χ0) is 8.91. The third-order valence-electron chi connectivity index (χ3n) is 1.53. The smallest absolute Gasteiger partial charge is 0.131 e. The van der Waals surface area contributed by atoms with E-state index in [1.165, 1.54) is 0 Å². The molecule has 0 spiro atoms. The highest BCUT2D eigenvalue weighted by Gasteiger charge is 2.29. The van der Waals surface area contributed by atoms with Crippen molar-refractivity contribution in [2.75, 3.05) is 18.4 Å². The lowest BCUT2D eigenvalue weighted by Gasteiger charge is -2.22. The number of oxime groups is 1. The fraction of sp³-hybridized carbons (Fsp3) is 0.833. The second-order valence-electron chi connectivity index (χ2n) is 2.51. The van der Waals surface area contributed by atoms with Crippen molar-refractivity contribution < 1.29 is 9.60 Å². The Morgan fingerprint density at radius 1 is 1.55 bits per heavy atom. The van der Waals surface area contributed by atoms with Crippen molar-refractivity contribution in [3.8, 4) is 0 Å². The van der Waals surface area contributed by atoms with E-state index < -0.39 is 12.1 Å². The van der Waals surface area contributed by atoms with Crippen LogP contribution in [0.25, 0.3) is 0 Å². The molecule has 0 aliphatic rings. The van der Waals surface area contributed by atoms with Gasteiger partial charge in [0.15, 0.2) is 0 Å². The van der Waals surface area contributed by atoms with Gasteiger partial charge in [-0.1, -0.05) is 12.1 Å². The number of alkyl halides is 3. The van der Waals surface area contributed by atoms with E-state index in [0.29, 0.717) is 0 Å². The summed E-state index contributed by atoms with van der Waals surface area (Å²) in [6.07, 6.45) is 0. The van der Waals surface area contributed by atoms with Crippen LogP contribution in [0.3, 0.4) is 0 Å². The number of nitrogens with zero attached hydrogens (tertiary/aromatic N) is 1. The van der Waals surface area contributed by atoms with Crippen molar-refractivity contribution in [2.24, 2.45) is 10.6 Å². The van der Waals surface area contributed by atoms with Gasteiger partial charge in [0.05, 0.1) is 5.71 Å². The predicted molar refractivity (Wildman–Crippen MR) is 44.7 cm³/mol. The van der Waals surface area contributed by atoms with Gasteiger partial charge < -0.3 is 5.21 Å². The molecule has 0 radical (unpaired) electrons. The van der Waals surface area contributed by atoms with Gasteiger partial charge in [-0.3, -0.25) is 0 Å². The summed E-state index contributed by atoms with van der Waals surface area (Å²) in [6.45, 7) is 0.814. The summed E-state index contributed by atoms with van der Waals surface area (Å²) in [5.74, 6) is 0.277. The molecule has 0 aromatic carbocycles. The van der Waals surface area contributed by atoms with E-state index in [2.05, 4.69) is 5.16 Å². The van der Waals surface area contributed by atoms with Crippen molar-refractivity contribution in [3.05, 3.63) is 0 Å². The first-order valence-corrected chi connectivity index (χ1v) is 4.11. The Labute approximate surface area is 75.0 Å². The van der Waals surface area contributed by atoms with E-state index in [9.17, 15) is 4.39 Å². The van der Waals surface area contributed by atoms with Crippen molar-refractivity contribution >= 4 is 28.9 Å². The Bertz CT molecular complexity index is 148. The summed E-state index contributed by atoms with van der Waals surface area (Å²) in [5, 5.41) is 11.1. The van der Waals surface area contributed by atoms with Crippen LogP contribution < -0.4 is 0 Å². The molecule has 0 saturated carbocycles. The van der Waals surface area contributed by atoms with Crippen LogP contribution in [-0.4, -0.2) is 29.4 Å². The zero-order valence-electron chi connectivity index (χ0n) is 6.15. The van der Waals surface area contributed by atoms with Crippen LogP contribution in [0.5, 0.6) is 0 Å². The lowest BCUT2D eigenvalue weighted by atomic mass is 9.90. The van der Waals surface area contributed by atoms with Crippen LogP contribution in [0.2, 0.25) is 0 Å². The van der Waals surface area contributed by atoms with Gasteiger partial charge in [-0.15, -0.1) is 23.2 Å². The van der Waals surface area contributed by atoms with Crippen molar-refractivity contribution in [1.29, 1.82) is 0 Å². The zero-order valence-corrected chi connectivity index (χ0v) is 7.66. The largest absolute Gasteiger partial charge is 0.411 e. The fourth-order valence-corrected chi connectivity index (χ4v) is 1.09. The van der Waals surface area contributed by atoms with Crippen LogP contribution in [-0.2, 0) is 0 Å². The molecule has 0 saturated heterocycles. The van der Waals surface area contributed by atoms with Crippen LogP contribution in [0.1, 0.15) is 6.92 Å². The highest BCUT2D eigenvalue weighted by atomic mass is 35.5. The van der Waals surface area contributed by atoms with E-state index in [1.54, 1.807) is 6.92 Å². The van der Waals surface area contributed by atoms with E-state index in [4.69, 9.17) is 28.4 Å². The molecule has 0 unspecified atom stereocenters. The second-order valence-corrected chi connectivity index (χ2v) is 3.04. The van der Waals surface area contributed by atoms with Gasteiger partial charge in [-0.05, 0) is 0 Å². The molecule has 0 amide bonds. The van der Waals surface area contributed by atoms with Gasteiger partial charge in [0.2, 0.25) is 0 Å². The SMILES string of the molecule is CC(CCl)(CCl)C(CF)=NO. The molecule has 0 aliphatic heterocycles. The molecule has 66 valence electrons. The van der Waals surface area contributed by atoms with E-state index in [1.807, 2.05) is 0 Å². The molecule has 0 heterocycles.